The van der Waals surface area contributed by atoms with E-state index in [9.17, 15) is 5.26 Å². The highest BCUT2D eigenvalue weighted by molar-refractivity contribution is 5.90. The van der Waals surface area contributed by atoms with Gasteiger partial charge in [-0.1, -0.05) is 48.5 Å². The van der Waals surface area contributed by atoms with Crippen LogP contribution in [-0.2, 0) is 0 Å². The van der Waals surface area contributed by atoms with Crippen molar-refractivity contribution in [1.29, 1.82) is 5.26 Å². The Morgan fingerprint density at radius 1 is 1.04 bits per heavy atom. The maximum absolute atomic E-state index is 9.75. The number of fused-ring (bicyclic) bond motifs is 3. The predicted octanol–water partition coefficient (Wildman–Crippen LogP) is 4.07. The summed E-state index contributed by atoms with van der Waals surface area (Å²) in [5.41, 5.74) is 8.29. The summed E-state index contributed by atoms with van der Waals surface area (Å²) in [5.74, 6) is 1.19. The van der Waals surface area contributed by atoms with Crippen LogP contribution in [0.3, 0.4) is 0 Å². The minimum absolute atomic E-state index is 0.140. The van der Waals surface area contributed by atoms with E-state index in [1.54, 1.807) is 7.11 Å². The Hall–Kier alpha value is -3.45. The third-order valence-electron chi connectivity index (χ3n) is 4.56. The number of allylic oxidation sites excluding steroid dienone is 1. The molecule has 2 N–H and O–H groups in total. The molecule has 1 aliphatic rings. The fourth-order valence-corrected chi connectivity index (χ4v) is 3.46. The fourth-order valence-electron chi connectivity index (χ4n) is 3.46. The standard InChI is InChI=1S/C21H16N2O2/c1-24-17-9-5-4-8-15(17)19-16(12-22)21(23)25-18-11-10-13-6-2-3-7-14(13)20(18)19/h2-11,19H,23H2,1H3/t19-/m1/s1. The maximum atomic E-state index is 9.75. The smallest absolute Gasteiger partial charge is 0.205 e. The van der Waals surface area contributed by atoms with Crippen molar-refractivity contribution in [3.05, 3.63) is 83.2 Å². The number of para-hydroxylation sites is 1. The van der Waals surface area contributed by atoms with Gasteiger partial charge >= 0.3 is 0 Å². The summed E-state index contributed by atoms with van der Waals surface area (Å²) in [6.07, 6.45) is 0. The third-order valence-corrected chi connectivity index (χ3v) is 4.56. The van der Waals surface area contributed by atoms with Crippen LogP contribution in [-0.4, -0.2) is 7.11 Å². The largest absolute Gasteiger partial charge is 0.496 e. The van der Waals surface area contributed by atoms with Crippen molar-refractivity contribution in [3.8, 4) is 17.6 Å². The summed E-state index contributed by atoms with van der Waals surface area (Å²) >= 11 is 0. The number of nitrogens with two attached hydrogens (primary N) is 1. The highest BCUT2D eigenvalue weighted by atomic mass is 16.5. The highest BCUT2D eigenvalue weighted by Gasteiger charge is 2.33. The molecule has 3 aromatic carbocycles. The van der Waals surface area contributed by atoms with Crippen LogP contribution in [0.25, 0.3) is 10.8 Å². The van der Waals surface area contributed by atoms with Crippen LogP contribution >= 0.6 is 0 Å². The van der Waals surface area contributed by atoms with Crippen LogP contribution < -0.4 is 15.2 Å². The topological polar surface area (TPSA) is 68.3 Å². The average Bonchev–Trinajstić information content (AvgIpc) is 2.66. The molecule has 1 heterocycles. The monoisotopic (exact) mass is 328 g/mol. The first-order valence-electron chi connectivity index (χ1n) is 7.96. The summed E-state index contributed by atoms with van der Waals surface area (Å²) in [6.45, 7) is 0. The molecule has 0 spiro atoms. The molecular weight excluding hydrogens is 312 g/mol. The molecule has 0 amide bonds. The molecule has 0 aromatic heterocycles. The van der Waals surface area contributed by atoms with E-state index in [1.165, 1.54) is 0 Å². The number of methoxy groups -OCH3 is 1. The van der Waals surface area contributed by atoms with E-state index in [2.05, 4.69) is 6.07 Å². The van der Waals surface area contributed by atoms with Crippen molar-refractivity contribution in [2.75, 3.05) is 7.11 Å². The zero-order chi connectivity index (χ0) is 17.4. The third kappa shape index (κ3) is 2.29. The number of hydrogen-bond acceptors (Lipinski definition) is 4. The minimum atomic E-state index is -0.337. The van der Waals surface area contributed by atoms with Gasteiger partial charge in [0.25, 0.3) is 0 Å². The summed E-state index contributed by atoms with van der Waals surface area (Å²) < 4.78 is 11.3. The fraction of sp³-hybridized carbons (Fsp3) is 0.0952. The van der Waals surface area contributed by atoms with Gasteiger partial charge in [0.15, 0.2) is 0 Å². The van der Waals surface area contributed by atoms with Gasteiger partial charge in [-0.2, -0.15) is 5.26 Å². The van der Waals surface area contributed by atoms with E-state index in [0.717, 1.165) is 21.9 Å². The van der Waals surface area contributed by atoms with E-state index in [4.69, 9.17) is 15.2 Å². The Bertz CT molecular complexity index is 1050. The van der Waals surface area contributed by atoms with E-state index in [-0.39, 0.29) is 11.8 Å². The number of benzene rings is 3. The number of nitriles is 1. The second kappa shape index (κ2) is 5.88. The molecule has 4 rings (SSSR count). The van der Waals surface area contributed by atoms with Crippen molar-refractivity contribution in [2.45, 2.75) is 5.92 Å². The molecule has 0 fully saturated rings. The summed E-state index contributed by atoms with van der Waals surface area (Å²) in [7, 11) is 1.63. The van der Waals surface area contributed by atoms with Gasteiger partial charge in [-0.25, -0.2) is 0 Å². The molecule has 122 valence electrons. The zero-order valence-electron chi connectivity index (χ0n) is 13.7. The number of rotatable bonds is 2. The summed E-state index contributed by atoms with van der Waals surface area (Å²) in [6, 6.07) is 21.9. The lowest BCUT2D eigenvalue weighted by molar-refractivity contribution is 0.388. The molecule has 0 aliphatic carbocycles. The Morgan fingerprint density at radius 2 is 1.80 bits per heavy atom. The van der Waals surface area contributed by atoms with Gasteiger partial charge < -0.3 is 15.2 Å². The summed E-state index contributed by atoms with van der Waals surface area (Å²) in [4.78, 5) is 0. The first-order chi connectivity index (χ1) is 12.2. The number of hydrogen-bond donors (Lipinski definition) is 1. The van der Waals surface area contributed by atoms with Gasteiger partial charge in [0, 0.05) is 11.1 Å². The lowest BCUT2D eigenvalue weighted by Gasteiger charge is -2.28. The van der Waals surface area contributed by atoms with E-state index in [0.29, 0.717) is 17.1 Å². The Kier molecular flexibility index (Phi) is 3.55. The molecule has 1 aliphatic heterocycles. The Balaban J connectivity index is 2.09. The van der Waals surface area contributed by atoms with Crippen molar-refractivity contribution < 1.29 is 9.47 Å². The van der Waals surface area contributed by atoms with Crippen LogP contribution in [0.15, 0.2) is 72.1 Å². The van der Waals surface area contributed by atoms with Crippen LogP contribution in [0.5, 0.6) is 11.5 Å². The normalized spacial score (nSPS) is 16.1. The first kappa shape index (κ1) is 15.1. The second-order valence-corrected chi connectivity index (χ2v) is 5.87. The molecule has 0 saturated carbocycles. The highest BCUT2D eigenvalue weighted by Crippen LogP contribution is 2.47. The van der Waals surface area contributed by atoms with Crippen LogP contribution in [0, 0.1) is 11.3 Å². The van der Waals surface area contributed by atoms with E-state index >= 15 is 0 Å². The Morgan fingerprint density at radius 3 is 2.60 bits per heavy atom. The first-order valence-corrected chi connectivity index (χ1v) is 7.96. The zero-order valence-corrected chi connectivity index (χ0v) is 13.7. The van der Waals surface area contributed by atoms with E-state index < -0.39 is 0 Å². The van der Waals surface area contributed by atoms with Crippen molar-refractivity contribution in [3.63, 3.8) is 0 Å². The van der Waals surface area contributed by atoms with E-state index in [1.807, 2.05) is 60.7 Å². The van der Waals surface area contributed by atoms with Crippen LogP contribution in [0.2, 0.25) is 0 Å². The van der Waals surface area contributed by atoms with Gasteiger partial charge in [-0.05, 0) is 22.9 Å². The second-order valence-electron chi connectivity index (χ2n) is 5.87. The molecule has 4 heteroatoms. The number of ether oxygens (including phenoxy) is 2. The Labute approximate surface area is 145 Å². The predicted molar refractivity (Wildman–Crippen MR) is 96.2 cm³/mol. The van der Waals surface area contributed by atoms with Gasteiger partial charge in [0.1, 0.15) is 23.1 Å². The van der Waals surface area contributed by atoms with Gasteiger partial charge in [0.2, 0.25) is 5.88 Å². The van der Waals surface area contributed by atoms with Crippen molar-refractivity contribution >= 4 is 10.8 Å². The lowest BCUT2D eigenvalue weighted by atomic mass is 9.81. The maximum Gasteiger partial charge on any atom is 0.205 e. The van der Waals surface area contributed by atoms with Crippen molar-refractivity contribution in [1.82, 2.24) is 0 Å². The van der Waals surface area contributed by atoms with Gasteiger partial charge in [-0.3, -0.25) is 0 Å². The molecule has 0 radical (unpaired) electrons. The van der Waals surface area contributed by atoms with Crippen LogP contribution in [0.1, 0.15) is 17.0 Å². The molecule has 0 bridgehead atoms. The lowest BCUT2D eigenvalue weighted by Crippen LogP contribution is -2.21. The number of nitrogens with zero attached hydrogens (tertiary/aromatic N) is 1. The molecule has 1 atom stereocenters. The van der Waals surface area contributed by atoms with Gasteiger partial charge in [0.05, 0.1) is 13.0 Å². The molecular formula is C21H16N2O2. The molecule has 3 aromatic rings. The molecule has 4 nitrogen and oxygen atoms in total. The molecule has 0 saturated heterocycles. The van der Waals surface area contributed by atoms with Gasteiger partial charge in [-0.15, -0.1) is 0 Å². The molecule has 25 heavy (non-hydrogen) atoms. The quantitative estimate of drug-likeness (QED) is 0.770. The van der Waals surface area contributed by atoms with Crippen LogP contribution in [0.4, 0.5) is 0 Å². The SMILES string of the molecule is COc1ccccc1[C@@H]1C(C#N)=C(N)Oc2ccc3ccccc3c21. The average molecular weight is 328 g/mol. The molecule has 0 unspecified atom stereocenters. The van der Waals surface area contributed by atoms with Crippen molar-refractivity contribution in [2.24, 2.45) is 5.73 Å². The summed E-state index contributed by atoms with van der Waals surface area (Å²) in [5, 5.41) is 11.9. The minimum Gasteiger partial charge on any atom is -0.496 e.